The van der Waals surface area contributed by atoms with Gasteiger partial charge >= 0.3 is 0 Å². The third-order valence-electron chi connectivity index (χ3n) is 3.82. The third kappa shape index (κ3) is 3.32. The highest BCUT2D eigenvalue weighted by molar-refractivity contribution is 7.98. The highest BCUT2D eigenvalue weighted by Crippen LogP contribution is 2.34. The topological polar surface area (TPSA) is 43.1 Å². The van der Waals surface area contributed by atoms with Crippen LogP contribution in [-0.2, 0) is 6.42 Å². The number of hydrogen-bond acceptors (Lipinski definition) is 5. The summed E-state index contributed by atoms with van der Waals surface area (Å²) in [5, 5.41) is 13.8. The van der Waals surface area contributed by atoms with Gasteiger partial charge in [-0.05, 0) is 36.1 Å². The van der Waals surface area contributed by atoms with Gasteiger partial charge in [0.15, 0.2) is 5.82 Å². The van der Waals surface area contributed by atoms with Gasteiger partial charge in [-0.2, -0.15) is 9.61 Å². The fraction of sp³-hybridized carbons (Fsp3) is 0.118. The molecule has 26 heavy (non-hydrogen) atoms. The van der Waals surface area contributed by atoms with Gasteiger partial charge in [0.25, 0.3) is 0 Å². The molecule has 0 amide bonds. The summed E-state index contributed by atoms with van der Waals surface area (Å²) >= 11 is 15.0. The summed E-state index contributed by atoms with van der Waals surface area (Å²) < 4.78 is 15.5. The minimum Gasteiger partial charge on any atom is -0.205 e. The number of aromatic nitrogens is 4. The summed E-state index contributed by atoms with van der Waals surface area (Å²) in [4.78, 5) is 1.83. The van der Waals surface area contributed by atoms with Crippen LogP contribution in [0.15, 0.2) is 41.3 Å². The number of rotatable bonds is 4. The zero-order valence-corrected chi connectivity index (χ0v) is 16.6. The van der Waals surface area contributed by atoms with E-state index in [0.29, 0.717) is 32.8 Å². The normalized spacial score (nSPS) is 11.4. The maximum Gasteiger partial charge on any atom is 0.234 e. The Bertz CT molecular complexity index is 1090. The molecule has 2 aromatic carbocycles. The van der Waals surface area contributed by atoms with Gasteiger partial charge in [-0.15, -0.1) is 22.0 Å². The molecule has 0 aliphatic rings. The summed E-state index contributed by atoms with van der Waals surface area (Å²) in [6, 6.07) is 10.9. The predicted molar refractivity (Wildman–Crippen MR) is 105 cm³/mol. The standard InChI is InChI=1S/C17H11Cl2FN4S2/c1-25-10-4-2-9(3-5-10)6-15-21-22-17-24(15)23-16(26-17)11-7-14(20)13(19)8-12(11)18/h2-5,7-8H,6H2,1H3. The van der Waals surface area contributed by atoms with E-state index in [-0.39, 0.29) is 5.02 Å². The molecule has 2 aromatic heterocycles. The smallest absolute Gasteiger partial charge is 0.205 e. The van der Waals surface area contributed by atoms with Crippen LogP contribution < -0.4 is 0 Å². The Hall–Kier alpha value is -1.67. The van der Waals surface area contributed by atoms with E-state index in [9.17, 15) is 4.39 Å². The largest absolute Gasteiger partial charge is 0.234 e. The maximum absolute atomic E-state index is 13.8. The van der Waals surface area contributed by atoms with Crippen molar-refractivity contribution in [2.45, 2.75) is 11.3 Å². The molecule has 0 unspecified atom stereocenters. The summed E-state index contributed by atoms with van der Waals surface area (Å²) in [6.45, 7) is 0. The third-order valence-corrected chi connectivity index (χ3v) is 6.10. The van der Waals surface area contributed by atoms with Crippen LogP contribution in [0, 0.1) is 5.82 Å². The second-order valence-electron chi connectivity index (χ2n) is 5.49. The number of nitrogens with zero attached hydrogens (tertiary/aromatic N) is 4. The lowest BCUT2D eigenvalue weighted by atomic mass is 10.1. The van der Waals surface area contributed by atoms with Crippen molar-refractivity contribution in [3.63, 3.8) is 0 Å². The van der Waals surface area contributed by atoms with Crippen LogP contribution in [0.1, 0.15) is 11.4 Å². The predicted octanol–water partition coefficient (Wildman–Crippen LogP) is 5.61. The molecule has 4 nitrogen and oxygen atoms in total. The fourth-order valence-electron chi connectivity index (χ4n) is 2.49. The Balaban J connectivity index is 1.70. The van der Waals surface area contributed by atoms with Gasteiger partial charge in [-0.1, -0.05) is 46.7 Å². The minimum atomic E-state index is -0.536. The number of halogens is 3. The lowest BCUT2D eigenvalue weighted by molar-refractivity contribution is 0.628. The average molecular weight is 425 g/mol. The van der Waals surface area contributed by atoms with Gasteiger partial charge in [-0.3, -0.25) is 0 Å². The van der Waals surface area contributed by atoms with Crippen LogP contribution in [-0.4, -0.2) is 26.1 Å². The quantitative estimate of drug-likeness (QED) is 0.315. The Morgan fingerprint density at radius 2 is 1.88 bits per heavy atom. The van der Waals surface area contributed by atoms with Gasteiger partial charge in [0.2, 0.25) is 4.96 Å². The number of hydrogen-bond donors (Lipinski definition) is 0. The molecule has 0 saturated heterocycles. The Morgan fingerprint density at radius 1 is 1.12 bits per heavy atom. The molecule has 0 aliphatic carbocycles. The summed E-state index contributed by atoms with van der Waals surface area (Å²) in [7, 11) is 0. The fourth-order valence-corrected chi connectivity index (χ4v) is 4.31. The SMILES string of the molecule is CSc1ccc(Cc2nnc3sc(-c4cc(F)c(Cl)cc4Cl)nn23)cc1. The molecule has 9 heteroatoms. The summed E-state index contributed by atoms with van der Waals surface area (Å²) in [5.74, 6) is 0.177. The Labute approximate surface area is 167 Å². The first-order chi connectivity index (χ1) is 12.5. The Morgan fingerprint density at radius 3 is 2.62 bits per heavy atom. The lowest BCUT2D eigenvalue weighted by Crippen LogP contribution is -1.98. The number of fused-ring (bicyclic) bond motifs is 1. The first-order valence-corrected chi connectivity index (χ1v) is 10.3. The first-order valence-electron chi connectivity index (χ1n) is 7.54. The highest BCUT2D eigenvalue weighted by atomic mass is 35.5. The Kier molecular flexibility index (Phi) is 4.88. The molecule has 0 saturated carbocycles. The van der Waals surface area contributed by atoms with Crippen molar-refractivity contribution in [2.24, 2.45) is 0 Å². The molecular weight excluding hydrogens is 414 g/mol. The zero-order valence-electron chi connectivity index (χ0n) is 13.4. The van der Waals surface area contributed by atoms with Crippen LogP contribution in [0.2, 0.25) is 10.0 Å². The minimum absolute atomic E-state index is 0.0175. The first kappa shape index (κ1) is 17.7. The van der Waals surface area contributed by atoms with Crippen LogP contribution in [0.5, 0.6) is 0 Å². The second kappa shape index (κ2) is 7.15. The van der Waals surface area contributed by atoms with E-state index in [0.717, 1.165) is 5.56 Å². The number of thioether (sulfide) groups is 1. The molecule has 0 N–H and O–H groups in total. The molecule has 0 radical (unpaired) electrons. The van der Waals surface area contributed by atoms with Crippen LogP contribution in [0.3, 0.4) is 0 Å². The molecule has 0 aliphatic heterocycles. The van der Waals surface area contributed by atoms with Crippen LogP contribution >= 0.6 is 46.3 Å². The maximum atomic E-state index is 13.8. The van der Waals surface area contributed by atoms with E-state index in [2.05, 4.69) is 39.6 Å². The van der Waals surface area contributed by atoms with Crippen molar-refractivity contribution in [3.8, 4) is 10.6 Å². The van der Waals surface area contributed by atoms with E-state index >= 15 is 0 Å². The average Bonchev–Trinajstić information content (AvgIpc) is 3.21. The van der Waals surface area contributed by atoms with Gasteiger partial charge in [0, 0.05) is 16.9 Å². The molecule has 4 aromatic rings. The van der Waals surface area contributed by atoms with Gasteiger partial charge in [0.1, 0.15) is 10.8 Å². The molecule has 2 heterocycles. The van der Waals surface area contributed by atoms with Crippen molar-refractivity contribution in [3.05, 3.63) is 63.6 Å². The van der Waals surface area contributed by atoms with Gasteiger partial charge in [0.05, 0.1) is 10.0 Å². The van der Waals surface area contributed by atoms with Crippen molar-refractivity contribution in [1.82, 2.24) is 19.8 Å². The molecule has 0 fully saturated rings. The van der Waals surface area contributed by atoms with Crippen molar-refractivity contribution < 1.29 is 4.39 Å². The van der Waals surface area contributed by atoms with Crippen molar-refractivity contribution in [1.29, 1.82) is 0 Å². The second-order valence-corrected chi connectivity index (χ2v) is 8.14. The van der Waals surface area contributed by atoms with Gasteiger partial charge in [-0.25, -0.2) is 4.39 Å². The highest BCUT2D eigenvalue weighted by Gasteiger charge is 2.17. The monoisotopic (exact) mass is 424 g/mol. The van der Waals surface area contributed by atoms with E-state index < -0.39 is 5.82 Å². The van der Waals surface area contributed by atoms with E-state index in [4.69, 9.17) is 23.2 Å². The van der Waals surface area contributed by atoms with E-state index in [1.165, 1.54) is 28.4 Å². The summed E-state index contributed by atoms with van der Waals surface area (Å²) in [6.07, 6.45) is 2.64. The van der Waals surface area contributed by atoms with Crippen LogP contribution in [0.4, 0.5) is 4.39 Å². The molecular formula is C17H11Cl2FN4S2. The summed E-state index contributed by atoms with van der Waals surface area (Å²) in [5.41, 5.74) is 1.60. The zero-order chi connectivity index (χ0) is 18.3. The molecule has 0 bridgehead atoms. The molecule has 4 rings (SSSR count). The molecule has 132 valence electrons. The van der Waals surface area contributed by atoms with Gasteiger partial charge < -0.3 is 0 Å². The van der Waals surface area contributed by atoms with Crippen LogP contribution in [0.25, 0.3) is 15.5 Å². The number of benzene rings is 2. The van der Waals surface area contributed by atoms with E-state index in [1.54, 1.807) is 16.3 Å². The molecule has 0 spiro atoms. The lowest BCUT2D eigenvalue weighted by Gasteiger charge is -2.02. The van der Waals surface area contributed by atoms with E-state index in [1.807, 2.05) is 6.26 Å². The van der Waals surface area contributed by atoms with Crippen molar-refractivity contribution >= 4 is 51.3 Å². The molecule has 0 atom stereocenters. The van der Waals surface area contributed by atoms with Crippen molar-refractivity contribution in [2.75, 3.05) is 6.26 Å².